The van der Waals surface area contributed by atoms with Crippen LogP contribution in [0.1, 0.15) is 33.7 Å². The predicted octanol–water partition coefficient (Wildman–Crippen LogP) is 4.17. The van der Waals surface area contributed by atoms with E-state index in [4.69, 9.17) is 9.26 Å². The van der Waals surface area contributed by atoms with E-state index in [-0.39, 0.29) is 11.4 Å². The molecule has 0 fully saturated rings. The minimum atomic E-state index is -0.900. The highest BCUT2D eigenvalue weighted by atomic mass is 19.1. The quantitative estimate of drug-likeness (QED) is 0.474. The average Bonchev–Trinajstić information content (AvgIpc) is 3.27. The first-order valence-corrected chi connectivity index (χ1v) is 11.0. The van der Waals surface area contributed by atoms with E-state index in [1.807, 2.05) is 18.2 Å². The number of aryl methyl sites for hydroxylation is 1. The molecule has 0 radical (unpaired) electrons. The summed E-state index contributed by atoms with van der Waals surface area (Å²) in [4.78, 5) is 26.3. The number of fused-ring (bicyclic) bond motifs is 3. The fraction of sp³-hybridized carbons (Fsp3) is 0.240. The molecule has 0 saturated heterocycles. The zero-order valence-electron chi connectivity index (χ0n) is 19.3. The maximum atomic E-state index is 14.4. The van der Waals surface area contributed by atoms with Crippen molar-refractivity contribution >= 4 is 11.6 Å². The molecule has 2 aromatic heterocycles. The average molecular weight is 480 g/mol. The second kappa shape index (κ2) is 8.53. The number of amides is 1. The summed E-state index contributed by atoms with van der Waals surface area (Å²) in [6, 6.07) is 8.95. The van der Waals surface area contributed by atoms with Gasteiger partial charge in [-0.3, -0.25) is 14.3 Å². The lowest BCUT2D eigenvalue weighted by Crippen LogP contribution is -2.25. The molecule has 0 atom stereocenters. The molecule has 1 N–H and O–H groups in total. The predicted molar refractivity (Wildman–Crippen MR) is 124 cm³/mol. The SMILES string of the molecule is COc1ccc2c(c1)CCCc1c(C(=O)Nc3c(C)n(C)n(-c4c(F)cccc4F)c3=O)noc1-2. The number of anilines is 1. The van der Waals surface area contributed by atoms with Gasteiger partial charge in [-0.25, -0.2) is 13.5 Å². The van der Waals surface area contributed by atoms with E-state index < -0.39 is 28.8 Å². The van der Waals surface area contributed by atoms with Gasteiger partial charge in [0, 0.05) is 18.2 Å². The molecule has 1 aliphatic rings. The number of carbonyl (C=O) groups is 1. The molecule has 0 bridgehead atoms. The van der Waals surface area contributed by atoms with Gasteiger partial charge in [0.15, 0.2) is 23.1 Å². The first-order chi connectivity index (χ1) is 16.8. The molecule has 2 aromatic carbocycles. The number of methoxy groups -OCH3 is 1. The number of carbonyl (C=O) groups excluding carboxylic acids is 1. The Bertz CT molecular complexity index is 1510. The van der Waals surface area contributed by atoms with Gasteiger partial charge < -0.3 is 14.6 Å². The number of ether oxygens (including phenoxy) is 1. The van der Waals surface area contributed by atoms with Crippen LogP contribution in [0.4, 0.5) is 14.5 Å². The van der Waals surface area contributed by atoms with Crippen LogP contribution in [0, 0.1) is 18.6 Å². The Hall–Kier alpha value is -4.21. The second-order valence-electron chi connectivity index (χ2n) is 8.34. The van der Waals surface area contributed by atoms with Crippen molar-refractivity contribution in [1.82, 2.24) is 14.5 Å². The lowest BCUT2D eigenvalue weighted by molar-refractivity contribution is 0.101. The Kier molecular flexibility index (Phi) is 5.50. The molecule has 0 unspecified atom stereocenters. The van der Waals surface area contributed by atoms with Crippen molar-refractivity contribution in [3.8, 4) is 22.8 Å². The fourth-order valence-electron chi connectivity index (χ4n) is 4.48. The van der Waals surface area contributed by atoms with E-state index in [1.165, 1.54) is 17.8 Å². The summed E-state index contributed by atoms with van der Waals surface area (Å²) in [6.45, 7) is 1.57. The van der Waals surface area contributed by atoms with Gasteiger partial charge in [0.25, 0.3) is 11.5 Å². The van der Waals surface area contributed by atoms with Crippen molar-refractivity contribution in [2.45, 2.75) is 26.2 Å². The van der Waals surface area contributed by atoms with Gasteiger partial charge in [-0.2, -0.15) is 0 Å². The summed E-state index contributed by atoms with van der Waals surface area (Å²) >= 11 is 0. The van der Waals surface area contributed by atoms with Crippen molar-refractivity contribution < 1.29 is 22.8 Å². The van der Waals surface area contributed by atoms with Crippen LogP contribution in [0.25, 0.3) is 17.0 Å². The minimum Gasteiger partial charge on any atom is -0.497 e. The van der Waals surface area contributed by atoms with Crippen molar-refractivity contribution in [3.63, 3.8) is 0 Å². The van der Waals surface area contributed by atoms with Gasteiger partial charge in [-0.1, -0.05) is 11.2 Å². The summed E-state index contributed by atoms with van der Waals surface area (Å²) in [5.41, 5.74) is 1.49. The summed E-state index contributed by atoms with van der Waals surface area (Å²) in [6.07, 6.45) is 2.09. The zero-order valence-corrected chi connectivity index (χ0v) is 19.3. The van der Waals surface area contributed by atoms with Crippen molar-refractivity contribution in [2.24, 2.45) is 7.05 Å². The topological polar surface area (TPSA) is 91.3 Å². The van der Waals surface area contributed by atoms with Gasteiger partial charge >= 0.3 is 0 Å². The fourth-order valence-corrected chi connectivity index (χ4v) is 4.48. The number of aromatic nitrogens is 3. The number of hydrogen-bond donors (Lipinski definition) is 1. The molecule has 0 spiro atoms. The molecular formula is C25H22F2N4O4. The molecule has 180 valence electrons. The Morgan fingerprint density at radius 3 is 2.63 bits per heavy atom. The Balaban J connectivity index is 1.53. The minimum absolute atomic E-state index is 0.0648. The number of rotatable bonds is 4. The number of hydrogen-bond acceptors (Lipinski definition) is 5. The van der Waals surface area contributed by atoms with Crippen LogP contribution < -0.4 is 15.6 Å². The largest absolute Gasteiger partial charge is 0.497 e. The summed E-state index contributed by atoms with van der Waals surface area (Å²) < 4.78 is 41.8. The maximum Gasteiger partial charge on any atom is 0.295 e. The highest BCUT2D eigenvalue weighted by molar-refractivity contribution is 6.05. The van der Waals surface area contributed by atoms with Crippen molar-refractivity contribution in [3.05, 3.63) is 80.9 Å². The zero-order chi connectivity index (χ0) is 24.9. The molecule has 0 saturated carbocycles. The summed E-state index contributed by atoms with van der Waals surface area (Å²) in [5.74, 6) is -1.21. The lowest BCUT2D eigenvalue weighted by atomic mass is 10.0. The van der Waals surface area contributed by atoms with Crippen LogP contribution >= 0.6 is 0 Å². The molecule has 5 rings (SSSR count). The van der Waals surface area contributed by atoms with E-state index >= 15 is 0 Å². The van der Waals surface area contributed by atoms with Gasteiger partial charge in [-0.05, 0) is 62.1 Å². The second-order valence-corrected chi connectivity index (χ2v) is 8.34. The van der Waals surface area contributed by atoms with Crippen LogP contribution in [0.5, 0.6) is 5.75 Å². The van der Waals surface area contributed by atoms with Crippen molar-refractivity contribution in [1.29, 1.82) is 0 Å². The molecule has 4 aromatic rings. The van der Waals surface area contributed by atoms with E-state index in [0.29, 0.717) is 23.4 Å². The summed E-state index contributed by atoms with van der Waals surface area (Å²) in [7, 11) is 3.08. The normalized spacial score (nSPS) is 12.6. The number of nitrogens with one attached hydrogen (secondary N) is 1. The third-order valence-electron chi connectivity index (χ3n) is 6.37. The van der Waals surface area contributed by atoms with E-state index in [9.17, 15) is 18.4 Å². The van der Waals surface area contributed by atoms with Gasteiger partial charge in [0.05, 0.1) is 12.8 Å². The number of nitrogens with zero attached hydrogens (tertiary/aromatic N) is 3. The molecule has 10 heteroatoms. The standard InChI is InChI=1S/C25H22F2N4O4/c1-13-20(25(33)31(30(13)2)22-18(26)8-5-9-19(22)27)28-24(32)21-17-7-4-6-14-12-15(34-3)10-11-16(14)23(17)35-29-21/h5,8-12H,4,6-7H2,1-3H3,(H,28,32). The van der Waals surface area contributed by atoms with Crippen LogP contribution in [0.15, 0.2) is 45.7 Å². The van der Waals surface area contributed by atoms with Crippen molar-refractivity contribution in [2.75, 3.05) is 12.4 Å². The molecule has 2 heterocycles. The Labute approximate surface area is 198 Å². The summed E-state index contributed by atoms with van der Waals surface area (Å²) in [5, 5.41) is 6.58. The van der Waals surface area contributed by atoms with E-state index in [2.05, 4.69) is 10.5 Å². The third kappa shape index (κ3) is 3.61. The highest BCUT2D eigenvalue weighted by Crippen LogP contribution is 2.36. The number of halogens is 2. The van der Waals surface area contributed by atoms with Gasteiger partial charge in [0.2, 0.25) is 0 Å². The maximum absolute atomic E-state index is 14.4. The lowest BCUT2D eigenvalue weighted by Gasteiger charge is -2.09. The van der Waals surface area contributed by atoms with Crippen LogP contribution in [0.3, 0.4) is 0 Å². The molecule has 1 aliphatic carbocycles. The highest BCUT2D eigenvalue weighted by Gasteiger charge is 2.29. The van der Waals surface area contributed by atoms with Crippen LogP contribution in [0.2, 0.25) is 0 Å². The molecular weight excluding hydrogens is 458 g/mol. The van der Waals surface area contributed by atoms with Crippen LogP contribution in [-0.2, 0) is 19.9 Å². The molecule has 0 aliphatic heterocycles. The van der Waals surface area contributed by atoms with E-state index in [0.717, 1.165) is 46.5 Å². The first kappa shape index (κ1) is 22.6. The monoisotopic (exact) mass is 480 g/mol. The number of benzene rings is 2. The Morgan fingerprint density at radius 1 is 1.17 bits per heavy atom. The molecule has 35 heavy (non-hydrogen) atoms. The Morgan fingerprint density at radius 2 is 1.91 bits per heavy atom. The van der Waals surface area contributed by atoms with E-state index in [1.54, 1.807) is 14.0 Å². The molecule has 8 nitrogen and oxygen atoms in total. The molecule has 1 amide bonds. The van der Waals surface area contributed by atoms with Gasteiger partial charge in [-0.15, -0.1) is 0 Å². The van der Waals surface area contributed by atoms with Gasteiger partial charge in [0.1, 0.15) is 17.1 Å². The third-order valence-corrected chi connectivity index (χ3v) is 6.37. The first-order valence-electron chi connectivity index (χ1n) is 11.0. The smallest absolute Gasteiger partial charge is 0.295 e. The van der Waals surface area contributed by atoms with Crippen LogP contribution in [-0.4, -0.2) is 27.5 Å². The number of para-hydroxylation sites is 1.